The molecule has 0 N–H and O–H groups in total. The van der Waals surface area contributed by atoms with Crippen molar-refractivity contribution < 1.29 is 9.13 Å². The molecule has 5 heteroatoms. The minimum absolute atomic E-state index is 0.150. The molecule has 1 aliphatic heterocycles. The standard InChI is InChI=1S/C15H20Cl2FNO/c1-3-14(11-5-12(16)7-13(17)6-11)19-8-15(18,9-19)10-20-4-2/h5-7,14H,3-4,8-10H2,1-2H3. The summed E-state index contributed by atoms with van der Waals surface area (Å²) in [5, 5.41) is 1.24. The van der Waals surface area contributed by atoms with Gasteiger partial charge in [-0.25, -0.2) is 4.39 Å². The third-order valence-electron chi connectivity index (χ3n) is 3.63. The van der Waals surface area contributed by atoms with Crippen LogP contribution in [0.25, 0.3) is 0 Å². The quantitative estimate of drug-likeness (QED) is 0.765. The predicted octanol–water partition coefficient (Wildman–Crippen LogP) is 4.50. The van der Waals surface area contributed by atoms with E-state index in [1.165, 1.54) is 0 Å². The molecule has 0 bridgehead atoms. The van der Waals surface area contributed by atoms with Gasteiger partial charge in [-0.3, -0.25) is 4.90 Å². The second kappa shape index (κ2) is 6.61. The van der Waals surface area contributed by atoms with Gasteiger partial charge in [0.2, 0.25) is 0 Å². The predicted molar refractivity (Wildman–Crippen MR) is 81.4 cm³/mol. The van der Waals surface area contributed by atoms with Gasteiger partial charge in [-0.05, 0) is 37.1 Å². The van der Waals surface area contributed by atoms with Crippen molar-refractivity contribution >= 4 is 23.2 Å². The highest BCUT2D eigenvalue weighted by Crippen LogP contribution is 2.37. The van der Waals surface area contributed by atoms with Crippen molar-refractivity contribution in [2.45, 2.75) is 32.0 Å². The third-order valence-corrected chi connectivity index (χ3v) is 4.07. The van der Waals surface area contributed by atoms with Gasteiger partial charge in [-0.1, -0.05) is 30.1 Å². The van der Waals surface area contributed by atoms with Gasteiger partial charge in [0.05, 0.1) is 6.61 Å². The van der Waals surface area contributed by atoms with Gasteiger partial charge in [-0.2, -0.15) is 0 Å². The molecule has 112 valence electrons. The minimum Gasteiger partial charge on any atom is -0.378 e. The summed E-state index contributed by atoms with van der Waals surface area (Å²) < 4.78 is 19.5. The van der Waals surface area contributed by atoms with Crippen molar-refractivity contribution in [3.05, 3.63) is 33.8 Å². The molecule has 2 rings (SSSR count). The molecule has 0 amide bonds. The number of halogens is 3. The van der Waals surface area contributed by atoms with E-state index in [4.69, 9.17) is 27.9 Å². The summed E-state index contributed by atoms with van der Waals surface area (Å²) in [6, 6.07) is 5.67. The molecule has 1 atom stereocenters. The van der Waals surface area contributed by atoms with Gasteiger partial charge in [0.15, 0.2) is 5.67 Å². The highest BCUT2D eigenvalue weighted by atomic mass is 35.5. The van der Waals surface area contributed by atoms with Gasteiger partial charge >= 0.3 is 0 Å². The van der Waals surface area contributed by atoms with E-state index in [0.29, 0.717) is 29.7 Å². The number of hydrogen-bond donors (Lipinski definition) is 0. The van der Waals surface area contributed by atoms with Crippen molar-refractivity contribution in [2.75, 3.05) is 26.3 Å². The fraction of sp³-hybridized carbons (Fsp3) is 0.600. The third kappa shape index (κ3) is 3.64. The Morgan fingerprint density at radius 1 is 1.25 bits per heavy atom. The van der Waals surface area contributed by atoms with E-state index in [-0.39, 0.29) is 12.6 Å². The van der Waals surface area contributed by atoms with E-state index >= 15 is 0 Å². The molecule has 0 radical (unpaired) electrons. The summed E-state index contributed by atoms with van der Waals surface area (Å²) in [5.41, 5.74) is -0.172. The average Bonchev–Trinajstić information content (AvgIpc) is 2.34. The summed E-state index contributed by atoms with van der Waals surface area (Å²) in [6.45, 7) is 5.48. The fourth-order valence-electron chi connectivity index (χ4n) is 2.75. The van der Waals surface area contributed by atoms with Gasteiger partial charge in [0, 0.05) is 35.8 Å². The van der Waals surface area contributed by atoms with Crippen molar-refractivity contribution in [3.63, 3.8) is 0 Å². The van der Waals surface area contributed by atoms with Crippen LogP contribution in [0.3, 0.4) is 0 Å². The largest absolute Gasteiger partial charge is 0.378 e. The van der Waals surface area contributed by atoms with Crippen molar-refractivity contribution in [1.29, 1.82) is 0 Å². The van der Waals surface area contributed by atoms with E-state index in [9.17, 15) is 4.39 Å². The Kier molecular flexibility index (Phi) is 5.30. The molecule has 1 saturated heterocycles. The minimum atomic E-state index is -1.22. The van der Waals surface area contributed by atoms with Crippen LogP contribution in [0.2, 0.25) is 10.0 Å². The lowest BCUT2D eigenvalue weighted by molar-refractivity contribution is -0.103. The lowest BCUT2D eigenvalue weighted by atomic mass is 9.91. The van der Waals surface area contributed by atoms with Crippen LogP contribution < -0.4 is 0 Å². The first-order chi connectivity index (χ1) is 9.47. The Labute approximate surface area is 129 Å². The van der Waals surface area contributed by atoms with Crippen LogP contribution in [0, 0.1) is 0 Å². The van der Waals surface area contributed by atoms with E-state index in [1.54, 1.807) is 6.07 Å². The highest BCUT2D eigenvalue weighted by molar-refractivity contribution is 6.34. The maximum absolute atomic E-state index is 14.3. The molecule has 0 aromatic heterocycles. The lowest BCUT2D eigenvalue weighted by Gasteiger charge is -2.48. The monoisotopic (exact) mass is 319 g/mol. The topological polar surface area (TPSA) is 12.5 Å². The van der Waals surface area contributed by atoms with Crippen LogP contribution >= 0.6 is 23.2 Å². The summed E-state index contributed by atoms with van der Waals surface area (Å²) in [7, 11) is 0. The smallest absolute Gasteiger partial charge is 0.159 e. The molecular formula is C15H20Cl2FNO. The molecule has 1 aromatic rings. The van der Waals surface area contributed by atoms with E-state index in [2.05, 4.69) is 11.8 Å². The fourth-order valence-corrected chi connectivity index (χ4v) is 3.29. The van der Waals surface area contributed by atoms with Gasteiger partial charge < -0.3 is 4.74 Å². The average molecular weight is 320 g/mol. The molecule has 1 fully saturated rings. The summed E-state index contributed by atoms with van der Waals surface area (Å²) >= 11 is 12.1. The van der Waals surface area contributed by atoms with Crippen molar-refractivity contribution in [2.24, 2.45) is 0 Å². The maximum atomic E-state index is 14.3. The zero-order valence-corrected chi connectivity index (χ0v) is 13.3. The highest BCUT2D eigenvalue weighted by Gasteiger charge is 2.46. The van der Waals surface area contributed by atoms with E-state index < -0.39 is 5.67 Å². The molecule has 0 spiro atoms. The molecule has 0 aliphatic carbocycles. The molecule has 1 heterocycles. The number of likely N-dealkylation sites (tertiary alicyclic amines) is 1. The first-order valence-corrected chi connectivity index (χ1v) is 7.69. The normalized spacial score (nSPS) is 19.6. The van der Waals surface area contributed by atoms with Gasteiger partial charge in [0.1, 0.15) is 0 Å². The van der Waals surface area contributed by atoms with E-state index in [1.807, 2.05) is 19.1 Å². The summed E-state index contributed by atoms with van der Waals surface area (Å²) in [4.78, 5) is 2.11. The molecular weight excluding hydrogens is 300 g/mol. The second-order valence-corrected chi connectivity index (χ2v) is 6.19. The molecule has 20 heavy (non-hydrogen) atoms. The van der Waals surface area contributed by atoms with Crippen molar-refractivity contribution in [3.8, 4) is 0 Å². The van der Waals surface area contributed by atoms with Crippen LogP contribution in [0.5, 0.6) is 0 Å². The first kappa shape index (κ1) is 16.0. The maximum Gasteiger partial charge on any atom is 0.159 e. The number of rotatable bonds is 6. The van der Waals surface area contributed by atoms with Crippen LogP contribution in [-0.2, 0) is 4.74 Å². The number of alkyl halides is 1. The Bertz CT molecular complexity index is 443. The summed E-state index contributed by atoms with van der Waals surface area (Å²) in [5.74, 6) is 0. The number of nitrogens with zero attached hydrogens (tertiary/aromatic N) is 1. The summed E-state index contributed by atoms with van der Waals surface area (Å²) in [6.07, 6.45) is 0.890. The zero-order chi connectivity index (χ0) is 14.8. The first-order valence-electron chi connectivity index (χ1n) is 6.94. The molecule has 1 aliphatic rings. The molecule has 1 aromatic carbocycles. The second-order valence-electron chi connectivity index (χ2n) is 5.32. The van der Waals surface area contributed by atoms with Gasteiger partial charge in [-0.15, -0.1) is 0 Å². The lowest BCUT2D eigenvalue weighted by Crippen LogP contribution is -2.62. The Hall–Kier alpha value is -0.350. The Morgan fingerprint density at radius 2 is 1.85 bits per heavy atom. The van der Waals surface area contributed by atoms with Crippen LogP contribution in [0.1, 0.15) is 31.9 Å². The molecule has 0 saturated carbocycles. The van der Waals surface area contributed by atoms with Crippen LogP contribution in [0.4, 0.5) is 4.39 Å². The van der Waals surface area contributed by atoms with Gasteiger partial charge in [0.25, 0.3) is 0 Å². The number of ether oxygens (including phenoxy) is 1. The number of hydrogen-bond acceptors (Lipinski definition) is 2. The SMILES string of the molecule is CCOCC1(F)CN(C(CC)c2cc(Cl)cc(Cl)c2)C1. The number of benzene rings is 1. The Balaban J connectivity index is 2.04. The van der Waals surface area contributed by atoms with Crippen molar-refractivity contribution in [1.82, 2.24) is 4.90 Å². The zero-order valence-electron chi connectivity index (χ0n) is 11.8. The Morgan fingerprint density at radius 3 is 2.35 bits per heavy atom. The van der Waals surface area contributed by atoms with Crippen LogP contribution in [-0.4, -0.2) is 36.9 Å². The van der Waals surface area contributed by atoms with Crippen LogP contribution in [0.15, 0.2) is 18.2 Å². The van der Waals surface area contributed by atoms with E-state index in [0.717, 1.165) is 12.0 Å². The molecule has 2 nitrogen and oxygen atoms in total. The molecule has 1 unspecified atom stereocenters.